The fourth-order valence-corrected chi connectivity index (χ4v) is 2.41. The molecule has 6 nitrogen and oxygen atoms in total. The van der Waals surface area contributed by atoms with Gasteiger partial charge in [0.2, 0.25) is 0 Å². The molecule has 1 heterocycles. The number of hydrogen-bond donors (Lipinski definition) is 0. The highest BCUT2D eigenvalue weighted by Crippen LogP contribution is 2.34. The Balaban J connectivity index is 1.90. The van der Waals surface area contributed by atoms with E-state index in [-0.39, 0.29) is 12.1 Å². The molecule has 0 spiro atoms. The fraction of sp³-hybridized carbons (Fsp3) is 0.750. The Morgan fingerprint density at radius 1 is 1.39 bits per heavy atom. The molecular weight excluding hydrogens is 232 g/mol. The predicted octanol–water partition coefficient (Wildman–Crippen LogP) is 3.01. The minimum absolute atomic E-state index is 0.0424. The molecule has 0 aromatic rings. The highest BCUT2D eigenvalue weighted by molar-refractivity contribution is 5.70. The van der Waals surface area contributed by atoms with Crippen LogP contribution in [0.1, 0.15) is 33.6 Å². The average molecular weight is 250 g/mol. The average Bonchev–Trinajstić information content (AvgIpc) is 2.72. The second kappa shape index (κ2) is 4.53. The maximum atomic E-state index is 11.9. The largest absolute Gasteiger partial charge is 0.444 e. The summed E-state index contributed by atoms with van der Waals surface area (Å²) in [5, 5.41) is 3.74. The third-order valence-corrected chi connectivity index (χ3v) is 3.09. The first-order chi connectivity index (χ1) is 8.39. The van der Waals surface area contributed by atoms with E-state index in [2.05, 4.69) is 10.0 Å². The lowest BCUT2D eigenvalue weighted by atomic mass is 10.2. The zero-order valence-corrected chi connectivity index (χ0v) is 11.0. The standard InChI is InChI=1S/C12H18N4O2/c1-12(2,3)18-11(17)16-6-8-4-10(14-15-13)5-9(8)7-16/h10H,4-7H2,1-3H3. The third kappa shape index (κ3) is 2.76. The number of hydrogen-bond acceptors (Lipinski definition) is 3. The van der Waals surface area contributed by atoms with Crippen molar-refractivity contribution < 1.29 is 9.53 Å². The Hall–Kier alpha value is -1.68. The van der Waals surface area contributed by atoms with Gasteiger partial charge in [0.25, 0.3) is 0 Å². The summed E-state index contributed by atoms with van der Waals surface area (Å²) in [5.74, 6) is 0. The van der Waals surface area contributed by atoms with Gasteiger partial charge < -0.3 is 9.64 Å². The molecule has 0 bridgehead atoms. The van der Waals surface area contributed by atoms with Gasteiger partial charge >= 0.3 is 6.09 Å². The van der Waals surface area contributed by atoms with Crippen molar-refractivity contribution in [1.29, 1.82) is 0 Å². The predicted molar refractivity (Wildman–Crippen MR) is 67.0 cm³/mol. The highest BCUT2D eigenvalue weighted by atomic mass is 16.6. The Bertz CT molecular complexity index is 425. The molecule has 2 aliphatic rings. The summed E-state index contributed by atoms with van der Waals surface area (Å²) >= 11 is 0. The monoisotopic (exact) mass is 250 g/mol. The molecule has 0 N–H and O–H groups in total. The van der Waals surface area contributed by atoms with Gasteiger partial charge in [0, 0.05) is 24.0 Å². The van der Waals surface area contributed by atoms with E-state index in [9.17, 15) is 4.79 Å². The number of amides is 1. The summed E-state index contributed by atoms with van der Waals surface area (Å²) in [6.45, 7) is 6.81. The van der Waals surface area contributed by atoms with Crippen LogP contribution in [0.25, 0.3) is 10.4 Å². The zero-order valence-electron chi connectivity index (χ0n) is 11.0. The summed E-state index contributed by atoms with van der Waals surface area (Å²) in [5.41, 5.74) is 10.4. The lowest BCUT2D eigenvalue weighted by Crippen LogP contribution is -2.36. The maximum Gasteiger partial charge on any atom is 0.410 e. The van der Waals surface area contributed by atoms with Crippen molar-refractivity contribution >= 4 is 6.09 Å². The molecule has 0 saturated carbocycles. The maximum absolute atomic E-state index is 11.9. The first-order valence-corrected chi connectivity index (χ1v) is 6.11. The van der Waals surface area contributed by atoms with E-state index in [1.54, 1.807) is 4.90 Å². The Labute approximate surface area is 106 Å². The molecule has 0 fully saturated rings. The van der Waals surface area contributed by atoms with Crippen molar-refractivity contribution in [2.45, 2.75) is 45.3 Å². The highest BCUT2D eigenvalue weighted by Gasteiger charge is 2.34. The summed E-state index contributed by atoms with van der Waals surface area (Å²) < 4.78 is 5.34. The Kier molecular flexibility index (Phi) is 3.22. The second-order valence-electron chi connectivity index (χ2n) is 5.81. The van der Waals surface area contributed by atoms with E-state index in [1.807, 2.05) is 20.8 Å². The van der Waals surface area contributed by atoms with Crippen LogP contribution in [0.5, 0.6) is 0 Å². The molecule has 0 saturated heterocycles. The van der Waals surface area contributed by atoms with Gasteiger partial charge in [0.1, 0.15) is 5.60 Å². The van der Waals surface area contributed by atoms with Gasteiger partial charge in [-0.25, -0.2) is 4.79 Å². The summed E-state index contributed by atoms with van der Waals surface area (Å²) in [7, 11) is 0. The van der Waals surface area contributed by atoms with Gasteiger partial charge in [0.15, 0.2) is 0 Å². The molecule has 0 radical (unpaired) electrons. The summed E-state index contributed by atoms with van der Waals surface area (Å²) in [4.78, 5) is 16.4. The molecule has 1 aliphatic carbocycles. The van der Waals surface area contributed by atoms with Crippen LogP contribution in [0.3, 0.4) is 0 Å². The van der Waals surface area contributed by atoms with Crippen LogP contribution in [0.4, 0.5) is 4.79 Å². The Morgan fingerprint density at radius 2 is 1.94 bits per heavy atom. The van der Waals surface area contributed by atoms with Crippen LogP contribution in [0, 0.1) is 0 Å². The molecule has 1 aliphatic heterocycles. The molecule has 6 heteroatoms. The zero-order chi connectivity index (χ0) is 13.3. The van der Waals surface area contributed by atoms with E-state index in [0.29, 0.717) is 13.1 Å². The molecule has 2 rings (SSSR count). The van der Waals surface area contributed by atoms with Gasteiger partial charge in [-0.1, -0.05) is 5.11 Å². The molecule has 98 valence electrons. The number of carbonyl (C=O) groups is 1. The van der Waals surface area contributed by atoms with E-state index in [0.717, 1.165) is 12.8 Å². The number of azide groups is 1. The van der Waals surface area contributed by atoms with E-state index < -0.39 is 5.60 Å². The van der Waals surface area contributed by atoms with E-state index in [1.165, 1.54) is 11.1 Å². The number of carbonyl (C=O) groups excluding carboxylic acids is 1. The molecule has 0 atom stereocenters. The summed E-state index contributed by atoms with van der Waals surface area (Å²) in [6, 6.07) is 0.0424. The van der Waals surface area contributed by atoms with Crippen LogP contribution >= 0.6 is 0 Å². The van der Waals surface area contributed by atoms with Crippen molar-refractivity contribution in [3.8, 4) is 0 Å². The molecule has 18 heavy (non-hydrogen) atoms. The van der Waals surface area contributed by atoms with E-state index in [4.69, 9.17) is 10.3 Å². The van der Waals surface area contributed by atoms with Crippen molar-refractivity contribution in [3.05, 3.63) is 21.6 Å². The fourth-order valence-electron chi connectivity index (χ4n) is 2.41. The number of nitrogens with zero attached hydrogens (tertiary/aromatic N) is 4. The van der Waals surface area contributed by atoms with Crippen LogP contribution < -0.4 is 0 Å². The van der Waals surface area contributed by atoms with Gasteiger partial charge in [-0.2, -0.15) is 0 Å². The first-order valence-electron chi connectivity index (χ1n) is 6.11. The molecule has 0 aromatic heterocycles. The number of ether oxygens (including phenoxy) is 1. The normalized spacial score (nSPS) is 19.8. The minimum Gasteiger partial charge on any atom is -0.444 e. The molecule has 0 aromatic carbocycles. The van der Waals surface area contributed by atoms with Crippen LogP contribution in [-0.4, -0.2) is 35.7 Å². The number of rotatable bonds is 1. The van der Waals surface area contributed by atoms with Gasteiger partial charge in [-0.05, 0) is 50.3 Å². The minimum atomic E-state index is -0.461. The van der Waals surface area contributed by atoms with Crippen molar-refractivity contribution in [2.75, 3.05) is 13.1 Å². The first kappa shape index (κ1) is 12.8. The van der Waals surface area contributed by atoms with Crippen LogP contribution in [0.15, 0.2) is 16.3 Å². The number of likely N-dealkylation sites (tertiary alicyclic amines) is 1. The van der Waals surface area contributed by atoms with Crippen molar-refractivity contribution in [3.63, 3.8) is 0 Å². The lowest BCUT2D eigenvalue weighted by Gasteiger charge is -2.25. The smallest absolute Gasteiger partial charge is 0.410 e. The van der Waals surface area contributed by atoms with Gasteiger partial charge in [-0.3, -0.25) is 0 Å². The molecule has 1 amide bonds. The van der Waals surface area contributed by atoms with Crippen LogP contribution in [0.2, 0.25) is 0 Å². The topological polar surface area (TPSA) is 78.3 Å². The quantitative estimate of drug-likeness (QED) is 0.310. The van der Waals surface area contributed by atoms with E-state index >= 15 is 0 Å². The van der Waals surface area contributed by atoms with Gasteiger partial charge in [0.05, 0.1) is 0 Å². The Morgan fingerprint density at radius 3 is 2.39 bits per heavy atom. The SMILES string of the molecule is CC(C)(C)OC(=O)N1CC2=C(CC(N=[N+]=[N-])C2)C1. The van der Waals surface area contributed by atoms with Gasteiger partial charge in [-0.15, -0.1) is 0 Å². The summed E-state index contributed by atoms with van der Waals surface area (Å²) in [6.07, 6.45) is 1.29. The van der Waals surface area contributed by atoms with Crippen molar-refractivity contribution in [2.24, 2.45) is 5.11 Å². The third-order valence-electron chi connectivity index (χ3n) is 3.09. The second-order valence-corrected chi connectivity index (χ2v) is 5.81. The lowest BCUT2D eigenvalue weighted by molar-refractivity contribution is 0.0296. The molecular formula is C12H18N4O2. The van der Waals surface area contributed by atoms with Crippen molar-refractivity contribution in [1.82, 2.24) is 4.90 Å². The van der Waals surface area contributed by atoms with Crippen LogP contribution in [-0.2, 0) is 4.74 Å². The molecule has 0 unspecified atom stereocenters.